The Kier molecular flexibility index (Phi) is 74.4. The Hall–Kier alpha value is 2.37. The van der Waals surface area contributed by atoms with Gasteiger partial charge in [0.25, 0.3) is 0 Å². The van der Waals surface area contributed by atoms with Crippen molar-refractivity contribution >= 4 is 130 Å². The van der Waals surface area contributed by atoms with Crippen LogP contribution in [-0.2, 0) is 117 Å². The normalized spacial score (nSPS) is 14.5. The fraction of sp³-hybridized carbons (Fsp3) is 0.350. The fourth-order valence-electron chi connectivity index (χ4n) is 6.30. The minimum atomic E-state index is -0.236. The quantitative estimate of drug-likeness (QED) is 0.0637. The summed E-state index contributed by atoms with van der Waals surface area (Å²) in [6.45, 7) is 34.6. The Morgan fingerprint density at radius 3 is 1.40 bits per heavy atom. The molecule has 3 N–H and O–H groups in total. The summed E-state index contributed by atoms with van der Waals surface area (Å²) in [5, 5.41) is 28.8. The summed E-state index contributed by atoms with van der Waals surface area (Å²) in [7, 11) is 0. The number of carbonyl (C=O) groups is 1. The zero-order chi connectivity index (χ0) is 52.9. The molecule has 0 fully saturated rings. The third-order valence-corrected chi connectivity index (χ3v) is 10.5. The van der Waals surface area contributed by atoms with Gasteiger partial charge in [-0.25, -0.2) is 18.2 Å². The van der Waals surface area contributed by atoms with Crippen LogP contribution in [0.1, 0.15) is 123 Å². The van der Waals surface area contributed by atoms with Crippen LogP contribution in [0.25, 0.3) is 18.2 Å². The number of allylic oxidation sites excluding steroid dienone is 4. The number of ether oxygens (including phenoxy) is 1. The first kappa shape index (κ1) is 93.8. The van der Waals surface area contributed by atoms with Crippen molar-refractivity contribution in [1.29, 1.82) is 0 Å². The van der Waals surface area contributed by atoms with Gasteiger partial charge in [-0.1, -0.05) is 207 Å². The van der Waals surface area contributed by atoms with E-state index in [4.69, 9.17) is 29.6 Å². The van der Waals surface area contributed by atoms with E-state index in [9.17, 15) is 15.0 Å². The van der Waals surface area contributed by atoms with E-state index in [2.05, 4.69) is 170 Å². The van der Waals surface area contributed by atoms with E-state index in [-0.39, 0.29) is 155 Å². The number of phenols is 2. The number of phenolic OH excluding ortho intramolecular Hbond substituents is 2. The topological polar surface area (TPSA) is 87.0 Å². The molecular weight excluding hydrogens is 1880 g/mol. The van der Waals surface area contributed by atoms with E-state index >= 15 is 0 Å². The molecule has 75 heavy (non-hydrogen) atoms. The van der Waals surface area contributed by atoms with Crippen molar-refractivity contribution in [3.63, 3.8) is 0 Å². The predicted octanol–water partition coefficient (Wildman–Crippen LogP) is 16.7. The van der Waals surface area contributed by atoms with Gasteiger partial charge in [0.15, 0.2) is 5.75 Å². The summed E-state index contributed by atoms with van der Waals surface area (Å²) in [6, 6.07) is 22.3. The maximum absolute atomic E-state index is 10.3. The minimum absolute atomic E-state index is 0. The van der Waals surface area contributed by atoms with Gasteiger partial charge >= 0.3 is 50.5 Å². The number of hydrogen-bond acceptors (Lipinski definition) is 5. The summed E-state index contributed by atoms with van der Waals surface area (Å²) in [6.07, 6.45) is 21.8. The van der Waals surface area contributed by atoms with Gasteiger partial charge in [0.05, 0.1) is 8.54 Å². The molecule has 15 heteroatoms. The molecule has 0 bridgehead atoms. The number of halogens is 6. The Balaban J connectivity index is -0.000000121. The fourth-order valence-corrected chi connectivity index (χ4v) is 6.30. The number of aldehydes is 1. The number of alkyl halides is 3. The van der Waals surface area contributed by atoms with Crippen LogP contribution in [0, 0.1) is 66.2 Å². The van der Waals surface area contributed by atoms with E-state index in [1.807, 2.05) is 87.3 Å². The van der Waals surface area contributed by atoms with Crippen molar-refractivity contribution in [3.05, 3.63) is 190 Å². The van der Waals surface area contributed by atoms with E-state index < -0.39 is 0 Å². The molecule has 4 aromatic carbocycles. The first-order valence-corrected chi connectivity index (χ1v) is 40.1. The molecule has 4 radical (unpaired) electrons. The molecular formula is C60H80I6O5VY3-4. The molecule has 0 amide bonds. The van der Waals surface area contributed by atoms with Crippen LogP contribution < -0.4 is 18.0 Å². The van der Waals surface area contributed by atoms with Crippen molar-refractivity contribution in [3.8, 4) is 17.2 Å². The zero-order valence-electron chi connectivity index (χ0n) is 43.9. The molecule has 5 nitrogen and oxygen atoms in total. The Bertz CT molecular complexity index is 2120. The number of aryl methyl sites for hydroxylation is 5. The van der Waals surface area contributed by atoms with Crippen LogP contribution >= 0.6 is 105 Å². The van der Waals surface area contributed by atoms with Crippen molar-refractivity contribution in [1.82, 2.24) is 0 Å². The molecule has 2 aliphatic carbocycles. The van der Waals surface area contributed by atoms with Gasteiger partial charge in [-0.15, -0.1) is 24.3 Å². The number of rotatable bonds is 10. The number of aliphatic hydroxyl groups is 1. The van der Waals surface area contributed by atoms with Crippen molar-refractivity contribution in [2.75, 3.05) is 7.36 Å². The molecule has 0 saturated heterocycles. The maximum Gasteiger partial charge on any atom is 0.154 e. The van der Waals surface area contributed by atoms with Crippen LogP contribution in [-0.4, -0.2) is 41.2 Å². The van der Waals surface area contributed by atoms with E-state index in [0.717, 1.165) is 59.8 Å². The Morgan fingerprint density at radius 1 is 0.600 bits per heavy atom. The van der Waals surface area contributed by atoms with E-state index in [0.29, 0.717) is 30.7 Å². The van der Waals surface area contributed by atoms with Crippen LogP contribution in [0.5, 0.6) is 17.2 Å². The van der Waals surface area contributed by atoms with Gasteiger partial charge in [0.1, 0.15) is 23.9 Å². The predicted molar refractivity (Wildman–Crippen MR) is 352 cm³/mol. The number of aliphatic hydroxyl groups excluding tert-OH is 1. The van der Waals surface area contributed by atoms with Gasteiger partial charge < -0.3 is 20.1 Å². The average Bonchev–Trinajstić information content (AvgIpc) is 3.34. The summed E-state index contributed by atoms with van der Waals surface area (Å²) in [5.41, 5.74) is 11.8. The molecule has 410 valence electrons. The molecule has 0 spiro atoms. The van der Waals surface area contributed by atoms with Crippen LogP contribution in [0.15, 0.2) is 120 Å². The molecule has 6 rings (SSSR count). The number of benzene rings is 4. The maximum atomic E-state index is 10.3. The molecule has 4 unspecified atom stereocenters. The van der Waals surface area contributed by atoms with Gasteiger partial charge in [0.2, 0.25) is 0 Å². The van der Waals surface area contributed by atoms with Gasteiger partial charge in [-0.2, -0.15) is 16.7 Å². The summed E-state index contributed by atoms with van der Waals surface area (Å²) in [5.74, 6) is 1.50. The second-order valence-electron chi connectivity index (χ2n) is 15.7. The first-order chi connectivity index (χ1) is 32.9. The summed E-state index contributed by atoms with van der Waals surface area (Å²) < 4.78 is 7.25. The van der Waals surface area contributed by atoms with Crippen molar-refractivity contribution in [2.45, 2.75) is 115 Å². The largest absolute Gasteiger partial charge is 0.509 e. The van der Waals surface area contributed by atoms with E-state index in [1.54, 1.807) is 30.3 Å². The molecule has 4 aromatic rings. The molecule has 0 aliphatic heterocycles. The number of carbonyl (C=O) groups excluding carboxylic acids is 1. The third kappa shape index (κ3) is 41.9. The first-order valence-electron chi connectivity index (χ1n) is 22.3. The Labute approximate surface area is 615 Å². The van der Waals surface area contributed by atoms with Crippen LogP contribution in [0.2, 0.25) is 0 Å². The number of hydrogen-bond donors (Lipinski definition) is 3. The second-order valence-corrected chi connectivity index (χ2v) is 36.4. The standard InChI is InChI=1S/C18H21O2.C10H16O.C10H11.C9H10O.C9H9O.CH2I2.CH3I.2CH4.I3.V.3Y/c1-4-7-15-9-6-8-13(3)18(15)20-17-12-14(5-2)10-11-16(17)19;1-3-5-9-7-4-6-8(2)10(9)11;1-4-10-6-5-8(2)9(3)7-10;1-7-3-4-9(6-10)5-8(7)2;1-3-8-5-4-7(2)9(10)6-8;2-1-3;1-2;;;1-3-2;;;;/h2,5-6,8-13,18-19H,4,7H2,1,3H3;4,6-8,10-11H,3,5H2,1-2H3;1,4-7H,2-3H3;3-6H,1-2H3;1,3-6,10H,2H3;1H2;1H3;2*1H4;;;;;/q-1;;-1;;-1;;;;;-1;;;;. The second kappa shape index (κ2) is 59.5. The van der Waals surface area contributed by atoms with Gasteiger partial charge in [0, 0.05) is 134 Å². The van der Waals surface area contributed by atoms with Crippen molar-refractivity contribution in [2.24, 2.45) is 11.8 Å². The molecule has 2 aliphatic rings. The Morgan fingerprint density at radius 2 is 0.973 bits per heavy atom. The number of aromatic hydroxyl groups is 2. The molecule has 0 heterocycles. The van der Waals surface area contributed by atoms with Crippen LogP contribution in [0.3, 0.4) is 0 Å². The summed E-state index contributed by atoms with van der Waals surface area (Å²) in [4.78, 5) is 12.2. The van der Waals surface area contributed by atoms with Gasteiger partial charge in [-0.3, -0.25) is 24.5 Å². The smallest absolute Gasteiger partial charge is 0.154 e. The third-order valence-electron chi connectivity index (χ3n) is 10.5. The van der Waals surface area contributed by atoms with Crippen LogP contribution in [0.4, 0.5) is 0 Å². The average molecular weight is 1960 g/mol. The van der Waals surface area contributed by atoms with Gasteiger partial charge in [-0.05, 0) is 92.4 Å². The zero-order valence-corrected chi connectivity index (χ0v) is 66.7. The minimum Gasteiger partial charge on any atom is -0.509 e. The summed E-state index contributed by atoms with van der Waals surface area (Å²) >= 11 is 12.0. The SMILES string of the molecule is C.C.CCCC1=CC=CC(C)C1O.CI.Cc1ccc(C=O)cc1C.ICI.I[I-]I.[CH-]=Cc1ccc(C)c(C)c1.[CH-]=Cc1ccc(C)c(O)c1.[CH-]=Cc1ccc(O)c(OC2C(CCC)=CC=CC2C)c1.[V].[Y].[Y].[Y]. The molecule has 4 atom stereocenters. The van der Waals surface area contributed by atoms with E-state index in [1.165, 1.54) is 48.0 Å². The van der Waals surface area contributed by atoms with Crippen molar-refractivity contribution < 1.29 is 155 Å². The molecule has 0 saturated carbocycles. The monoisotopic (exact) mass is 1960 g/mol. The molecule has 0 aromatic heterocycles.